The highest BCUT2D eigenvalue weighted by Crippen LogP contribution is 2.29. The number of H-pyrrole nitrogens is 1. The van der Waals surface area contributed by atoms with Crippen LogP contribution in [-0.4, -0.2) is 83.3 Å². The van der Waals surface area contributed by atoms with Gasteiger partial charge in [-0.1, -0.05) is 35.9 Å². The number of benzene rings is 2. The molecule has 2 aromatic carbocycles. The predicted molar refractivity (Wildman–Crippen MR) is 180 cm³/mol. The van der Waals surface area contributed by atoms with Crippen LogP contribution in [0, 0.1) is 11.2 Å². The van der Waals surface area contributed by atoms with Crippen molar-refractivity contribution in [2.45, 2.75) is 46.6 Å². The first-order valence-corrected chi connectivity index (χ1v) is 15.6. The van der Waals surface area contributed by atoms with Crippen molar-refractivity contribution >= 4 is 46.7 Å². The molecule has 14 heteroatoms. The lowest BCUT2D eigenvalue weighted by Gasteiger charge is -2.31. The highest BCUT2D eigenvalue weighted by molar-refractivity contribution is 6.44. The Morgan fingerprint density at radius 2 is 1.78 bits per heavy atom. The van der Waals surface area contributed by atoms with E-state index in [0.29, 0.717) is 22.6 Å². The summed E-state index contributed by atoms with van der Waals surface area (Å²) in [4.78, 5) is 62.2. The summed E-state index contributed by atoms with van der Waals surface area (Å²) in [5, 5.41) is 18.3. The normalized spacial score (nSPS) is 13.9. The fourth-order valence-electron chi connectivity index (χ4n) is 5.02. The first-order chi connectivity index (χ1) is 23.2. The van der Waals surface area contributed by atoms with Crippen molar-refractivity contribution in [1.82, 2.24) is 15.5 Å². The Morgan fingerprint density at radius 3 is 2.31 bits per heavy atom. The molecule has 0 saturated carbocycles. The minimum atomic E-state index is -1.04. The van der Waals surface area contributed by atoms with E-state index in [9.17, 15) is 28.4 Å². The molecule has 1 aromatic heterocycles. The maximum absolute atomic E-state index is 14.3. The number of aromatic nitrogens is 2. The lowest BCUT2D eigenvalue weighted by Crippen LogP contribution is -2.45. The number of Topliss-reactive ketones (excluding diaryl/α,β-unsaturated/α-hetero) is 2. The Labute approximate surface area is 287 Å². The number of nitrogens with zero attached hydrogens (tertiary/aromatic N) is 2. The van der Waals surface area contributed by atoms with Gasteiger partial charge in [0.05, 0.1) is 30.7 Å². The van der Waals surface area contributed by atoms with Gasteiger partial charge in [-0.15, -0.1) is 0 Å². The zero-order valence-electron chi connectivity index (χ0n) is 27.8. The second-order valence-electron chi connectivity index (χ2n) is 11.6. The molecule has 0 fully saturated rings. The molecule has 0 bridgehead atoms. The molecule has 3 N–H and O–H groups in total. The second kappa shape index (κ2) is 17.4. The highest BCUT2D eigenvalue weighted by Gasteiger charge is 2.38. The molecule has 0 aliphatic carbocycles. The molecule has 260 valence electrons. The summed E-state index contributed by atoms with van der Waals surface area (Å²) < 4.78 is 24.9. The monoisotopic (exact) mass is 696 g/mol. The zero-order chi connectivity index (χ0) is 36.3. The summed E-state index contributed by atoms with van der Waals surface area (Å²) in [5.74, 6) is -2.78. The number of ketones is 2. The van der Waals surface area contributed by atoms with Gasteiger partial charge in [-0.2, -0.15) is 5.10 Å². The third kappa shape index (κ3) is 10.7. The Balaban J connectivity index is 0.000000501. The van der Waals surface area contributed by atoms with Crippen molar-refractivity contribution in [3.63, 3.8) is 0 Å². The van der Waals surface area contributed by atoms with Crippen LogP contribution < -0.4 is 5.32 Å². The summed E-state index contributed by atoms with van der Waals surface area (Å²) >= 11 is 6.04. The summed E-state index contributed by atoms with van der Waals surface area (Å²) in [6.07, 6.45) is 1.88. The number of esters is 1. The number of carboxylic acids is 1. The number of allylic oxidation sites excluding steroid dienone is 1. The van der Waals surface area contributed by atoms with Gasteiger partial charge >= 0.3 is 11.9 Å². The quantitative estimate of drug-likeness (QED) is 0.154. The van der Waals surface area contributed by atoms with E-state index >= 15 is 0 Å². The summed E-state index contributed by atoms with van der Waals surface area (Å²) in [6.45, 7) is 6.57. The van der Waals surface area contributed by atoms with Crippen molar-refractivity contribution in [3.8, 4) is 11.1 Å². The van der Waals surface area contributed by atoms with E-state index in [1.54, 1.807) is 32.0 Å². The van der Waals surface area contributed by atoms with Crippen LogP contribution in [0.2, 0.25) is 5.02 Å². The van der Waals surface area contributed by atoms with Crippen molar-refractivity contribution in [1.29, 1.82) is 0 Å². The van der Waals surface area contributed by atoms with Crippen LogP contribution in [0.15, 0.2) is 65.2 Å². The van der Waals surface area contributed by atoms with Crippen LogP contribution in [0.3, 0.4) is 0 Å². The maximum atomic E-state index is 14.3. The Hall–Kier alpha value is -5.01. The van der Waals surface area contributed by atoms with Crippen LogP contribution in [0.25, 0.3) is 11.1 Å². The van der Waals surface area contributed by atoms with Crippen LogP contribution >= 0.6 is 11.6 Å². The average molecular weight is 697 g/mol. The smallest absolute Gasteiger partial charge is 0.333 e. The number of aromatic amines is 1. The molecule has 1 aliphatic rings. The van der Waals surface area contributed by atoms with Gasteiger partial charge in [0.25, 0.3) is 5.91 Å². The zero-order valence-corrected chi connectivity index (χ0v) is 28.5. The lowest BCUT2D eigenvalue weighted by atomic mass is 9.82. The number of nitrogens with one attached hydrogen (secondary N) is 2. The molecule has 0 saturated heterocycles. The number of aliphatic carboxylic acids is 1. The number of hydrogen-bond donors (Lipinski definition) is 3. The molecule has 3 aromatic rings. The molecule has 1 aliphatic heterocycles. The Morgan fingerprint density at radius 1 is 1.08 bits per heavy atom. The van der Waals surface area contributed by atoms with Gasteiger partial charge in [0.15, 0.2) is 11.6 Å². The molecule has 12 nitrogen and oxygen atoms in total. The number of aliphatic imine (C=N–C) groups is 1. The Kier molecular flexibility index (Phi) is 13.7. The van der Waals surface area contributed by atoms with Crippen molar-refractivity contribution < 1.29 is 42.9 Å². The average Bonchev–Trinajstić information content (AvgIpc) is 3.75. The van der Waals surface area contributed by atoms with Crippen molar-refractivity contribution in [2.24, 2.45) is 10.4 Å². The number of carboxylic acid groups (broad SMARTS) is 1. The third-order valence-corrected chi connectivity index (χ3v) is 7.72. The molecular weight excluding hydrogens is 659 g/mol. The summed E-state index contributed by atoms with van der Waals surface area (Å²) in [5.41, 5.74) is 1.54. The number of methoxy groups -OCH3 is 1. The lowest BCUT2D eigenvalue weighted by molar-refractivity contribution is -0.158. The second-order valence-corrected chi connectivity index (χ2v) is 12.0. The number of hydrogen-bond acceptors (Lipinski definition) is 9. The molecule has 0 radical (unpaired) electrons. The van der Waals surface area contributed by atoms with Crippen LogP contribution in [-0.2, 0) is 30.3 Å². The standard InChI is InChI=1S/C28H31ClFN3O5.C7H7NO3/c1-5-38-27(36)28(3,16-37-4)15-21(31-26(35)25-14-24(17(2)34)32-33-25)12-18-6-8-19(9-7-18)22-13-20(29)10-11-23(22)30;1-4(9)6-2-5(3-8-6)7(10)11/h6-11,13-14,21H,5,12,15-16H2,1-4H3,(H,31,35)(H,32,33);2H,3H2,1H3,(H,10,11)/t21-,28+;/m1./s1. The van der Waals surface area contributed by atoms with Gasteiger partial charge in [-0.05, 0) is 68.2 Å². The summed E-state index contributed by atoms with van der Waals surface area (Å²) in [6, 6.07) is 12.4. The third-order valence-electron chi connectivity index (χ3n) is 7.49. The minimum Gasteiger partial charge on any atom is -0.478 e. The van der Waals surface area contributed by atoms with E-state index in [1.807, 2.05) is 12.1 Å². The van der Waals surface area contributed by atoms with Gasteiger partial charge < -0.3 is 19.9 Å². The molecule has 2 heterocycles. The number of carbonyl (C=O) groups is 5. The van der Waals surface area contributed by atoms with E-state index in [-0.39, 0.29) is 66.2 Å². The van der Waals surface area contributed by atoms with Crippen molar-refractivity contribution in [2.75, 3.05) is 26.9 Å². The fourth-order valence-corrected chi connectivity index (χ4v) is 5.19. The maximum Gasteiger partial charge on any atom is 0.333 e. The van der Waals surface area contributed by atoms with Crippen molar-refractivity contribution in [3.05, 3.63) is 88.0 Å². The number of ether oxygens (including phenoxy) is 2. The number of amides is 1. The summed E-state index contributed by atoms with van der Waals surface area (Å²) in [7, 11) is 1.49. The first kappa shape index (κ1) is 38.4. The SMILES string of the molecule is CC(=O)C1=NCC(C(=O)O)=C1.CCOC(=O)[C@](C)(COC)C[C@@H](Cc1ccc(-c2cc(Cl)ccc2F)cc1)NC(=O)c1cc(C(C)=O)n[nH]1. The first-order valence-electron chi connectivity index (χ1n) is 15.2. The predicted octanol–water partition coefficient (Wildman–Crippen LogP) is 5.06. The fraction of sp³-hybridized carbons (Fsp3) is 0.343. The number of rotatable bonds is 14. The number of carbonyl (C=O) groups excluding carboxylic acids is 4. The van der Waals surface area contributed by atoms with E-state index in [4.69, 9.17) is 26.2 Å². The molecule has 1 amide bonds. The topological polar surface area (TPSA) is 177 Å². The van der Waals surface area contributed by atoms with E-state index in [0.717, 1.165) is 5.56 Å². The van der Waals surface area contributed by atoms with E-state index in [1.165, 1.54) is 45.2 Å². The van der Waals surface area contributed by atoms with Gasteiger partial charge in [-0.3, -0.25) is 29.3 Å². The van der Waals surface area contributed by atoms with Gasteiger partial charge in [0, 0.05) is 37.6 Å². The molecule has 0 unspecified atom stereocenters. The molecule has 4 rings (SSSR count). The van der Waals surface area contributed by atoms with Gasteiger partial charge in [-0.25, -0.2) is 9.18 Å². The minimum absolute atomic E-state index is 0.0870. The number of halogens is 2. The van der Waals surface area contributed by atoms with E-state index < -0.39 is 29.3 Å². The van der Waals surface area contributed by atoms with Gasteiger partial charge in [0.1, 0.15) is 22.9 Å². The van der Waals surface area contributed by atoms with Crippen LogP contribution in [0.5, 0.6) is 0 Å². The van der Waals surface area contributed by atoms with E-state index in [2.05, 4.69) is 20.5 Å². The molecule has 0 spiro atoms. The largest absolute Gasteiger partial charge is 0.478 e. The molecule has 2 atom stereocenters. The molecular formula is C35H38ClFN4O8. The van der Waals surface area contributed by atoms with Crippen LogP contribution in [0.4, 0.5) is 4.39 Å². The Bertz CT molecular complexity index is 1770. The van der Waals surface area contributed by atoms with Crippen LogP contribution in [0.1, 0.15) is 60.7 Å². The molecule has 49 heavy (non-hydrogen) atoms. The van der Waals surface area contributed by atoms with Gasteiger partial charge in [0.2, 0.25) is 0 Å². The highest BCUT2D eigenvalue weighted by atomic mass is 35.5.